The van der Waals surface area contributed by atoms with Crippen molar-refractivity contribution < 1.29 is 13.2 Å². The van der Waals surface area contributed by atoms with Gasteiger partial charge >= 0.3 is 0 Å². The number of aryl methyl sites for hydroxylation is 2. The van der Waals surface area contributed by atoms with Crippen LogP contribution in [0.3, 0.4) is 0 Å². The molecule has 1 aliphatic rings. The molecule has 1 aliphatic heterocycles. The summed E-state index contributed by atoms with van der Waals surface area (Å²) in [5.41, 5.74) is 0.989. The van der Waals surface area contributed by atoms with Crippen molar-refractivity contribution in [3.05, 3.63) is 46.2 Å². The lowest BCUT2D eigenvalue weighted by Crippen LogP contribution is -2.40. The Hall–Kier alpha value is -1.77. The van der Waals surface area contributed by atoms with Crippen LogP contribution in [-0.2, 0) is 21.9 Å². The van der Waals surface area contributed by atoms with Crippen molar-refractivity contribution in [2.75, 3.05) is 6.54 Å². The minimum absolute atomic E-state index is 0.217. The Bertz CT molecular complexity index is 911. The number of sulfonamides is 1. The molecule has 2 heterocycles. The molecule has 1 unspecified atom stereocenters. The van der Waals surface area contributed by atoms with Gasteiger partial charge in [-0.25, -0.2) is 8.42 Å². The SMILES string of the molecule is Cc1ccc(S(=O)(=O)N2CCCC2C(=O)N=c2sccn2C)cc1. The Morgan fingerprint density at radius 3 is 2.62 bits per heavy atom. The summed E-state index contributed by atoms with van der Waals surface area (Å²) in [4.78, 5) is 17.4. The van der Waals surface area contributed by atoms with Crippen molar-refractivity contribution in [3.63, 3.8) is 0 Å². The summed E-state index contributed by atoms with van der Waals surface area (Å²) in [6.45, 7) is 2.25. The number of thiazole rings is 1. The summed E-state index contributed by atoms with van der Waals surface area (Å²) in [6.07, 6.45) is 2.97. The molecule has 0 spiro atoms. The third kappa shape index (κ3) is 3.22. The predicted octanol–water partition coefficient (Wildman–Crippen LogP) is 1.68. The molecule has 1 amide bonds. The average Bonchev–Trinajstić information content (AvgIpc) is 3.18. The van der Waals surface area contributed by atoms with Gasteiger partial charge in [-0.05, 0) is 31.9 Å². The Labute approximate surface area is 145 Å². The highest BCUT2D eigenvalue weighted by Crippen LogP contribution is 2.27. The van der Waals surface area contributed by atoms with Crippen molar-refractivity contribution in [3.8, 4) is 0 Å². The van der Waals surface area contributed by atoms with Gasteiger partial charge in [0, 0.05) is 25.2 Å². The first-order chi connectivity index (χ1) is 11.4. The number of aromatic nitrogens is 1. The van der Waals surface area contributed by atoms with Crippen molar-refractivity contribution >= 4 is 27.3 Å². The molecule has 1 saturated heterocycles. The molecule has 24 heavy (non-hydrogen) atoms. The lowest BCUT2D eigenvalue weighted by atomic mass is 10.2. The van der Waals surface area contributed by atoms with E-state index in [2.05, 4.69) is 4.99 Å². The average molecular weight is 365 g/mol. The molecular formula is C16H19N3O3S2. The number of nitrogens with zero attached hydrogens (tertiary/aromatic N) is 3. The molecule has 0 bridgehead atoms. The Morgan fingerprint density at radius 1 is 1.29 bits per heavy atom. The fourth-order valence-corrected chi connectivity index (χ4v) is 5.11. The highest BCUT2D eigenvalue weighted by Gasteiger charge is 2.39. The molecule has 0 radical (unpaired) electrons. The van der Waals surface area contributed by atoms with E-state index in [0.29, 0.717) is 24.2 Å². The van der Waals surface area contributed by atoms with Crippen LogP contribution < -0.4 is 4.80 Å². The second-order valence-corrected chi connectivity index (χ2v) is 8.60. The van der Waals surface area contributed by atoms with Crippen LogP contribution in [0.5, 0.6) is 0 Å². The predicted molar refractivity (Wildman–Crippen MR) is 92.0 cm³/mol. The maximum absolute atomic E-state index is 12.9. The van der Waals surface area contributed by atoms with Crippen LogP contribution in [0.25, 0.3) is 0 Å². The number of amides is 1. The highest BCUT2D eigenvalue weighted by atomic mass is 32.2. The van der Waals surface area contributed by atoms with Crippen molar-refractivity contribution in [1.29, 1.82) is 0 Å². The van der Waals surface area contributed by atoms with Gasteiger partial charge in [-0.2, -0.15) is 9.30 Å². The second kappa shape index (κ2) is 6.62. The number of carbonyl (C=O) groups excluding carboxylic acids is 1. The fourth-order valence-electron chi connectivity index (χ4n) is 2.72. The molecular weight excluding hydrogens is 346 g/mol. The van der Waals surface area contributed by atoms with Crippen LogP contribution >= 0.6 is 11.3 Å². The Morgan fingerprint density at radius 2 is 2.00 bits per heavy atom. The summed E-state index contributed by atoms with van der Waals surface area (Å²) in [5.74, 6) is -0.402. The summed E-state index contributed by atoms with van der Waals surface area (Å²) >= 11 is 1.35. The lowest BCUT2D eigenvalue weighted by Gasteiger charge is -2.21. The third-order valence-corrected chi connectivity index (χ3v) is 6.85. The van der Waals surface area contributed by atoms with Gasteiger partial charge in [-0.15, -0.1) is 11.3 Å². The van der Waals surface area contributed by atoms with Crippen LogP contribution in [0, 0.1) is 6.92 Å². The third-order valence-electron chi connectivity index (χ3n) is 4.08. The zero-order valence-electron chi connectivity index (χ0n) is 13.5. The van der Waals surface area contributed by atoms with Crippen molar-refractivity contribution in [2.24, 2.45) is 12.0 Å². The van der Waals surface area contributed by atoms with Crippen LogP contribution in [0.4, 0.5) is 0 Å². The first-order valence-electron chi connectivity index (χ1n) is 7.67. The van der Waals surface area contributed by atoms with E-state index >= 15 is 0 Å². The minimum Gasteiger partial charge on any atom is -0.327 e. The molecule has 1 aromatic heterocycles. The second-order valence-electron chi connectivity index (χ2n) is 5.83. The van der Waals surface area contributed by atoms with Gasteiger partial charge in [-0.3, -0.25) is 4.79 Å². The van der Waals surface area contributed by atoms with Gasteiger partial charge in [0.25, 0.3) is 5.91 Å². The minimum atomic E-state index is -3.69. The van der Waals surface area contributed by atoms with E-state index in [0.717, 1.165) is 5.56 Å². The zero-order chi connectivity index (χ0) is 17.3. The van der Waals surface area contributed by atoms with E-state index in [9.17, 15) is 13.2 Å². The molecule has 6 nitrogen and oxygen atoms in total. The lowest BCUT2D eigenvalue weighted by molar-refractivity contribution is -0.121. The molecule has 2 aromatic rings. The fraction of sp³-hybridized carbons (Fsp3) is 0.375. The monoisotopic (exact) mass is 365 g/mol. The number of carbonyl (C=O) groups is 1. The van der Waals surface area contributed by atoms with E-state index in [-0.39, 0.29) is 4.90 Å². The smallest absolute Gasteiger partial charge is 0.266 e. The standard InChI is InChI=1S/C16H19N3O3S2/c1-12-5-7-13(8-6-12)24(21,22)19-9-3-4-14(19)15(20)17-16-18(2)10-11-23-16/h5-8,10-11,14H,3-4,9H2,1-2H3. The summed E-state index contributed by atoms with van der Waals surface area (Å²) in [7, 11) is -1.89. The zero-order valence-corrected chi connectivity index (χ0v) is 15.2. The van der Waals surface area contributed by atoms with Crippen LogP contribution in [-0.4, -0.2) is 35.8 Å². The maximum atomic E-state index is 12.9. The summed E-state index contributed by atoms with van der Waals surface area (Å²) in [5, 5.41) is 1.83. The molecule has 1 aromatic carbocycles. The van der Waals surface area contributed by atoms with Crippen LogP contribution in [0.2, 0.25) is 0 Å². The normalized spacial score (nSPS) is 19.8. The van der Waals surface area contributed by atoms with Gasteiger partial charge in [0.15, 0.2) is 4.80 Å². The van der Waals surface area contributed by atoms with E-state index in [1.807, 2.05) is 18.5 Å². The van der Waals surface area contributed by atoms with Crippen molar-refractivity contribution in [1.82, 2.24) is 8.87 Å². The quantitative estimate of drug-likeness (QED) is 0.831. The Balaban J connectivity index is 1.92. The molecule has 3 rings (SSSR count). The van der Waals surface area contributed by atoms with Gasteiger partial charge in [0.1, 0.15) is 6.04 Å². The molecule has 1 fully saturated rings. The summed E-state index contributed by atoms with van der Waals surface area (Å²) < 4.78 is 28.8. The summed E-state index contributed by atoms with van der Waals surface area (Å²) in [6, 6.07) is 5.96. The van der Waals surface area contributed by atoms with Crippen LogP contribution in [0.1, 0.15) is 18.4 Å². The first kappa shape index (κ1) is 17.1. The van der Waals surface area contributed by atoms with Gasteiger partial charge in [0.2, 0.25) is 10.0 Å². The molecule has 0 saturated carbocycles. The van der Waals surface area contributed by atoms with Gasteiger partial charge in [-0.1, -0.05) is 17.7 Å². The van der Waals surface area contributed by atoms with Crippen LogP contribution in [0.15, 0.2) is 45.7 Å². The molecule has 1 atom stereocenters. The molecule has 128 valence electrons. The van der Waals surface area contributed by atoms with Gasteiger partial charge in [0.05, 0.1) is 4.90 Å². The number of rotatable bonds is 3. The number of benzene rings is 1. The first-order valence-corrected chi connectivity index (χ1v) is 9.99. The molecule has 8 heteroatoms. The molecule has 0 aliphatic carbocycles. The van der Waals surface area contributed by atoms with E-state index in [1.54, 1.807) is 35.9 Å². The largest absolute Gasteiger partial charge is 0.327 e. The highest BCUT2D eigenvalue weighted by molar-refractivity contribution is 7.89. The van der Waals surface area contributed by atoms with Crippen molar-refractivity contribution in [2.45, 2.75) is 30.7 Å². The molecule has 0 N–H and O–H groups in total. The van der Waals surface area contributed by atoms with E-state index in [1.165, 1.54) is 15.6 Å². The van der Waals surface area contributed by atoms with E-state index < -0.39 is 22.0 Å². The maximum Gasteiger partial charge on any atom is 0.266 e. The Kier molecular flexibility index (Phi) is 4.71. The van der Waals surface area contributed by atoms with Gasteiger partial charge < -0.3 is 4.57 Å². The number of hydrogen-bond acceptors (Lipinski definition) is 4. The van der Waals surface area contributed by atoms with E-state index in [4.69, 9.17) is 0 Å². The topological polar surface area (TPSA) is 71.7 Å². The number of hydrogen-bond donors (Lipinski definition) is 0.